The fourth-order valence-corrected chi connectivity index (χ4v) is 1.29. The van der Waals surface area contributed by atoms with Crippen LogP contribution in [0.15, 0.2) is 28.7 Å². The molecule has 0 amide bonds. The Hall–Kier alpha value is 0.390. The van der Waals surface area contributed by atoms with Gasteiger partial charge in [0.1, 0.15) is 0 Å². The fourth-order valence-electron chi connectivity index (χ4n) is 0.889. The molecular weight excluding hydrogens is 329 g/mol. The van der Waals surface area contributed by atoms with Gasteiger partial charge in [-0.05, 0) is 31.5 Å². The Bertz CT molecular complexity index is 255. The van der Waals surface area contributed by atoms with Crippen molar-refractivity contribution in [2.24, 2.45) is 5.73 Å². The van der Waals surface area contributed by atoms with E-state index in [1.807, 2.05) is 38.1 Å². The topological polar surface area (TPSA) is 26.0 Å². The molecule has 0 radical (unpaired) electrons. The summed E-state index contributed by atoms with van der Waals surface area (Å²) in [7, 11) is 0. The molecule has 1 aromatic rings. The van der Waals surface area contributed by atoms with Crippen LogP contribution in [0.5, 0.6) is 0 Å². The molecule has 0 atom stereocenters. The number of benzene rings is 1. The maximum Gasteiger partial charge on any atom is 0.0352 e. The van der Waals surface area contributed by atoms with Crippen molar-refractivity contribution in [1.29, 1.82) is 0 Å². The first-order valence-electron chi connectivity index (χ1n) is 3.55. The van der Waals surface area contributed by atoms with E-state index in [0.29, 0.717) is 0 Å². The van der Waals surface area contributed by atoms with E-state index in [4.69, 9.17) is 5.73 Å². The molecule has 2 N–H and O–H groups in total. The lowest BCUT2D eigenvalue weighted by atomic mass is 9.96. The van der Waals surface area contributed by atoms with Gasteiger partial charge in [-0.2, -0.15) is 0 Å². The molecule has 1 rings (SSSR count). The van der Waals surface area contributed by atoms with Gasteiger partial charge >= 0.3 is 0 Å². The Morgan fingerprint density at radius 1 is 1.33 bits per heavy atom. The molecule has 0 aliphatic carbocycles. The summed E-state index contributed by atoms with van der Waals surface area (Å²) >= 11 is 3.40. The minimum Gasteiger partial charge on any atom is -0.322 e. The molecule has 12 heavy (non-hydrogen) atoms. The molecule has 0 bridgehead atoms. The lowest BCUT2D eigenvalue weighted by molar-refractivity contribution is 0.554. The summed E-state index contributed by atoms with van der Waals surface area (Å²) < 4.78 is 1.08. The van der Waals surface area contributed by atoms with E-state index in [9.17, 15) is 0 Å². The van der Waals surface area contributed by atoms with E-state index in [1.54, 1.807) is 0 Å². The Labute approximate surface area is 98.9 Å². The number of hydrogen-bond acceptors (Lipinski definition) is 1. The first kappa shape index (κ1) is 12.4. The monoisotopic (exact) mass is 341 g/mol. The van der Waals surface area contributed by atoms with Gasteiger partial charge in [0.25, 0.3) is 0 Å². The van der Waals surface area contributed by atoms with Crippen LogP contribution in [0, 0.1) is 0 Å². The van der Waals surface area contributed by atoms with Crippen molar-refractivity contribution in [3.63, 3.8) is 0 Å². The standard InChI is InChI=1S/C9H12BrN.HI/c1-9(2,11)7-4-3-5-8(10)6-7;/h3-6H,11H2,1-2H3;1H. The van der Waals surface area contributed by atoms with Crippen molar-refractivity contribution >= 4 is 39.9 Å². The van der Waals surface area contributed by atoms with E-state index in [2.05, 4.69) is 15.9 Å². The molecule has 1 aromatic carbocycles. The highest BCUT2D eigenvalue weighted by Gasteiger charge is 2.12. The van der Waals surface area contributed by atoms with Gasteiger partial charge in [0.2, 0.25) is 0 Å². The van der Waals surface area contributed by atoms with Crippen LogP contribution in [0.1, 0.15) is 19.4 Å². The summed E-state index contributed by atoms with van der Waals surface area (Å²) in [6.45, 7) is 3.99. The van der Waals surface area contributed by atoms with Crippen molar-refractivity contribution in [3.8, 4) is 0 Å². The largest absolute Gasteiger partial charge is 0.322 e. The smallest absolute Gasteiger partial charge is 0.0352 e. The normalized spacial score (nSPS) is 10.7. The molecule has 0 spiro atoms. The van der Waals surface area contributed by atoms with Gasteiger partial charge < -0.3 is 5.73 Å². The van der Waals surface area contributed by atoms with E-state index < -0.39 is 0 Å². The van der Waals surface area contributed by atoms with Crippen LogP contribution < -0.4 is 5.73 Å². The van der Waals surface area contributed by atoms with Crippen LogP contribution in [0.3, 0.4) is 0 Å². The van der Waals surface area contributed by atoms with Crippen LogP contribution in [-0.2, 0) is 5.54 Å². The molecule has 0 aromatic heterocycles. The molecular formula is C9H13BrIN. The summed E-state index contributed by atoms with van der Waals surface area (Å²) in [4.78, 5) is 0. The zero-order valence-corrected chi connectivity index (χ0v) is 11.1. The van der Waals surface area contributed by atoms with Crippen LogP contribution in [0.4, 0.5) is 0 Å². The van der Waals surface area contributed by atoms with Crippen LogP contribution in [-0.4, -0.2) is 0 Å². The maximum atomic E-state index is 5.90. The second kappa shape index (κ2) is 4.58. The Morgan fingerprint density at radius 3 is 2.25 bits per heavy atom. The van der Waals surface area contributed by atoms with Crippen LogP contribution in [0.2, 0.25) is 0 Å². The van der Waals surface area contributed by atoms with Crippen LogP contribution >= 0.6 is 39.9 Å². The van der Waals surface area contributed by atoms with Gasteiger partial charge in [-0.25, -0.2) is 0 Å². The maximum absolute atomic E-state index is 5.90. The Morgan fingerprint density at radius 2 is 1.92 bits per heavy atom. The zero-order chi connectivity index (χ0) is 8.48. The highest BCUT2D eigenvalue weighted by Crippen LogP contribution is 2.20. The molecule has 0 saturated carbocycles. The average molecular weight is 342 g/mol. The first-order chi connectivity index (χ1) is 5.00. The minimum atomic E-state index is -0.246. The molecule has 0 fully saturated rings. The lowest BCUT2D eigenvalue weighted by Gasteiger charge is -2.18. The molecule has 0 unspecified atom stereocenters. The quantitative estimate of drug-likeness (QED) is 0.779. The predicted octanol–water partition coefficient (Wildman–Crippen LogP) is 3.26. The van der Waals surface area contributed by atoms with Gasteiger partial charge in [-0.3, -0.25) is 0 Å². The number of rotatable bonds is 1. The molecule has 3 heteroatoms. The Kier molecular flexibility index (Phi) is 4.73. The van der Waals surface area contributed by atoms with Gasteiger partial charge in [0.15, 0.2) is 0 Å². The van der Waals surface area contributed by atoms with E-state index in [1.165, 1.54) is 0 Å². The van der Waals surface area contributed by atoms with Gasteiger partial charge in [0.05, 0.1) is 0 Å². The second-order valence-corrected chi connectivity index (χ2v) is 4.15. The molecule has 0 saturated heterocycles. The van der Waals surface area contributed by atoms with Crippen molar-refractivity contribution in [2.75, 3.05) is 0 Å². The van der Waals surface area contributed by atoms with E-state index in [-0.39, 0.29) is 29.5 Å². The Balaban J connectivity index is 0.00000121. The fraction of sp³-hybridized carbons (Fsp3) is 0.333. The summed E-state index contributed by atoms with van der Waals surface area (Å²) in [6.07, 6.45) is 0. The van der Waals surface area contributed by atoms with E-state index >= 15 is 0 Å². The molecule has 68 valence electrons. The third kappa shape index (κ3) is 3.41. The van der Waals surface area contributed by atoms with Gasteiger partial charge in [-0.15, -0.1) is 24.0 Å². The second-order valence-electron chi connectivity index (χ2n) is 3.23. The minimum absolute atomic E-state index is 0. The van der Waals surface area contributed by atoms with Crippen molar-refractivity contribution < 1.29 is 0 Å². The highest BCUT2D eigenvalue weighted by molar-refractivity contribution is 14.0. The predicted molar refractivity (Wildman–Crippen MR) is 66.8 cm³/mol. The molecule has 1 nitrogen and oxygen atoms in total. The third-order valence-corrected chi connectivity index (χ3v) is 2.06. The summed E-state index contributed by atoms with van der Waals surface area (Å²) in [5, 5.41) is 0. The lowest BCUT2D eigenvalue weighted by Crippen LogP contribution is -2.28. The molecule has 0 aliphatic rings. The highest BCUT2D eigenvalue weighted by atomic mass is 127. The molecule has 0 heterocycles. The van der Waals surface area contributed by atoms with Gasteiger partial charge in [-0.1, -0.05) is 28.1 Å². The van der Waals surface area contributed by atoms with Crippen molar-refractivity contribution in [2.45, 2.75) is 19.4 Å². The summed E-state index contributed by atoms with van der Waals surface area (Å²) in [6, 6.07) is 8.06. The van der Waals surface area contributed by atoms with Crippen molar-refractivity contribution in [3.05, 3.63) is 34.3 Å². The van der Waals surface area contributed by atoms with Crippen molar-refractivity contribution in [1.82, 2.24) is 0 Å². The summed E-state index contributed by atoms with van der Waals surface area (Å²) in [5.74, 6) is 0. The van der Waals surface area contributed by atoms with Crippen LogP contribution in [0.25, 0.3) is 0 Å². The zero-order valence-electron chi connectivity index (χ0n) is 7.17. The SMILES string of the molecule is CC(C)(N)c1cccc(Br)c1.I. The number of nitrogens with two attached hydrogens (primary N) is 1. The first-order valence-corrected chi connectivity index (χ1v) is 4.34. The summed E-state index contributed by atoms with van der Waals surface area (Å²) in [5.41, 5.74) is 6.80. The third-order valence-electron chi connectivity index (χ3n) is 1.57. The van der Waals surface area contributed by atoms with Gasteiger partial charge in [0, 0.05) is 10.0 Å². The number of halogens is 2. The molecule has 0 aliphatic heterocycles. The average Bonchev–Trinajstić information content (AvgIpc) is 1.86. The van der Waals surface area contributed by atoms with E-state index in [0.717, 1.165) is 10.0 Å². The number of hydrogen-bond donors (Lipinski definition) is 1.